The van der Waals surface area contributed by atoms with Crippen LogP contribution in [-0.4, -0.2) is 43.6 Å². The highest BCUT2D eigenvalue weighted by Crippen LogP contribution is 2.37. The molecule has 0 spiro atoms. The Bertz CT molecular complexity index is 1520. The Morgan fingerprint density at radius 3 is 2.63 bits per heavy atom. The van der Waals surface area contributed by atoms with E-state index in [-0.39, 0.29) is 22.9 Å². The summed E-state index contributed by atoms with van der Waals surface area (Å²) >= 11 is 0. The van der Waals surface area contributed by atoms with Gasteiger partial charge in [0, 0.05) is 85.8 Å². The zero-order valence-corrected chi connectivity index (χ0v) is 21.4. The number of hydrogen-bond donors (Lipinski definition) is 0. The molecule has 1 saturated carbocycles. The van der Waals surface area contributed by atoms with Crippen molar-refractivity contribution in [3.63, 3.8) is 0 Å². The van der Waals surface area contributed by atoms with E-state index >= 15 is 0 Å². The number of fused-ring (bicyclic) bond motifs is 1. The fourth-order valence-corrected chi connectivity index (χ4v) is 5.55. The molecule has 1 aliphatic carbocycles. The maximum Gasteiger partial charge on any atom is 0.193 e. The van der Waals surface area contributed by atoms with E-state index < -0.39 is 11.6 Å². The first kappa shape index (κ1) is 24.6. The number of nitrogens with zero attached hydrogens (tertiary/aromatic N) is 6. The molecule has 0 unspecified atom stereocenters. The van der Waals surface area contributed by atoms with Gasteiger partial charge in [-0.2, -0.15) is 0 Å². The molecule has 1 saturated heterocycles. The molecule has 1 atom stereocenters. The molecule has 196 valence electrons. The standard InChI is InChI=1S/C29H30F2N6O/c1-19-11-20(6-7-33-19)15-36(23-3-2-10-35(18-23)28-14-32-8-9-34-28)16-21-17-37(22-4-5-22)27-13-26(31)25(30)12-24(27)29(21)38/h6-9,11-14,17,22-23H,2-5,10,15-16,18H2,1H3/t23-/m0/s1. The lowest BCUT2D eigenvalue weighted by Gasteiger charge is -2.40. The molecular weight excluding hydrogens is 486 g/mol. The first-order chi connectivity index (χ1) is 18.5. The normalized spacial score (nSPS) is 17.9. The summed E-state index contributed by atoms with van der Waals surface area (Å²) in [4.78, 5) is 31.3. The van der Waals surface area contributed by atoms with Gasteiger partial charge in [0.1, 0.15) is 5.82 Å². The van der Waals surface area contributed by atoms with Crippen LogP contribution in [0, 0.1) is 18.6 Å². The summed E-state index contributed by atoms with van der Waals surface area (Å²) in [6, 6.07) is 6.66. The number of hydrogen-bond acceptors (Lipinski definition) is 6. The van der Waals surface area contributed by atoms with Crippen LogP contribution in [0.2, 0.25) is 0 Å². The number of aryl methyl sites for hydroxylation is 1. The molecule has 9 heteroatoms. The van der Waals surface area contributed by atoms with E-state index in [1.165, 1.54) is 0 Å². The molecule has 2 fully saturated rings. The van der Waals surface area contributed by atoms with Gasteiger partial charge in [-0.1, -0.05) is 0 Å². The van der Waals surface area contributed by atoms with Crippen molar-refractivity contribution in [3.8, 4) is 0 Å². The van der Waals surface area contributed by atoms with Crippen molar-refractivity contribution in [2.45, 2.75) is 57.8 Å². The van der Waals surface area contributed by atoms with Gasteiger partial charge in [-0.05, 0) is 56.4 Å². The molecule has 1 aliphatic heterocycles. The van der Waals surface area contributed by atoms with Gasteiger partial charge < -0.3 is 9.47 Å². The summed E-state index contributed by atoms with van der Waals surface area (Å²) in [6.45, 7) is 4.66. The number of anilines is 1. The molecule has 4 aromatic rings. The van der Waals surface area contributed by atoms with Crippen LogP contribution >= 0.6 is 0 Å². The van der Waals surface area contributed by atoms with E-state index in [1.807, 2.05) is 30.0 Å². The first-order valence-corrected chi connectivity index (χ1v) is 13.2. The number of piperidine rings is 1. The molecule has 1 aromatic carbocycles. The molecule has 0 bridgehead atoms. The van der Waals surface area contributed by atoms with Crippen LogP contribution in [0.3, 0.4) is 0 Å². The van der Waals surface area contributed by atoms with E-state index in [1.54, 1.807) is 18.6 Å². The van der Waals surface area contributed by atoms with E-state index in [2.05, 4.69) is 30.8 Å². The molecule has 0 N–H and O–H groups in total. The summed E-state index contributed by atoms with van der Waals surface area (Å²) in [6.07, 6.45) is 12.7. The van der Waals surface area contributed by atoms with Crippen molar-refractivity contribution in [3.05, 3.63) is 93.9 Å². The van der Waals surface area contributed by atoms with Gasteiger partial charge >= 0.3 is 0 Å². The smallest absolute Gasteiger partial charge is 0.193 e. The maximum atomic E-state index is 14.2. The van der Waals surface area contributed by atoms with Crippen molar-refractivity contribution in [1.29, 1.82) is 0 Å². The van der Waals surface area contributed by atoms with Gasteiger partial charge in [-0.3, -0.25) is 19.7 Å². The number of halogens is 2. The number of benzene rings is 1. The Morgan fingerprint density at radius 1 is 1.03 bits per heavy atom. The number of pyridine rings is 2. The minimum atomic E-state index is -0.995. The van der Waals surface area contributed by atoms with Crippen molar-refractivity contribution in [2.75, 3.05) is 18.0 Å². The van der Waals surface area contributed by atoms with Crippen LogP contribution < -0.4 is 10.3 Å². The summed E-state index contributed by atoms with van der Waals surface area (Å²) in [5.41, 5.74) is 2.87. The first-order valence-electron chi connectivity index (χ1n) is 13.2. The van der Waals surface area contributed by atoms with Crippen molar-refractivity contribution in [1.82, 2.24) is 24.4 Å². The van der Waals surface area contributed by atoms with Gasteiger partial charge in [0.2, 0.25) is 0 Å². The van der Waals surface area contributed by atoms with Crippen molar-refractivity contribution in [2.24, 2.45) is 0 Å². The highest BCUT2D eigenvalue weighted by molar-refractivity contribution is 5.80. The van der Waals surface area contributed by atoms with Gasteiger partial charge in [0.25, 0.3) is 0 Å². The van der Waals surface area contributed by atoms with Crippen LogP contribution in [0.5, 0.6) is 0 Å². The zero-order chi connectivity index (χ0) is 26.2. The third-order valence-electron chi connectivity index (χ3n) is 7.59. The second-order valence-electron chi connectivity index (χ2n) is 10.4. The molecule has 6 rings (SSSR count). The lowest BCUT2D eigenvalue weighted by molar-refractivity contribution is 0.158. The van der Waals surface area contributed by atoms with Crippen LogP contribution in [0.15, 0.2) is 60.0 Å². The summed E-state index contributed by atoms with van der Waals surface area (Å²) < 4.78 is 30.3. The summed E-state index contributed by atoms with van der Waals surface area (Å²) in [5.74, 6) is -1.08. The summed E-state index contributed by atoms with van der Waals surface area (Å²) in [5, 5.41) is 0.234. The average molecular weight is 517 g/mol. The van der Waals surface area contributed by atoms with E-state index in [0.717, 1.165) is 68.0 Å². The minimum absolute atomic E-state index is 0.161. The highest BCUT2D eigenvalue weighted by atomic mass is 19.2. The average Bonchev–Trinajstić information content (AvgIpc) is 3.77. The number of aromatic nitrogens is 4. The third kappa shape index (κ3) is 5.03. The Balaban J connectivity index is 1.38. The molecule has 7 nitrogen and oxygen atoms in total. The van der Waals surface area contributed by atoms with Gasteiger partial charge in [-0.25, -0.2) is 13.8 Å². The van der Waals surface area contributed by atoms with Crippen LogP contribution in [0.25, 0.3) is 10.9 Å². The fourth-order valence-electron chi connectivity index (χ4n) is 5.55. The van der Waals surface area contributed by atoms with Crippen LogP contribution in [0.1, 0.15) is 48.5 Å². The van der Waals surface area contributed by atoms with Gasteiger partial charge in [-0.15, -0.1) is 0 Å². The van der Waals surface area contributed by atoms with Crippen molar-refractivity contribution >= 4 is 16.7 Å². The quantitative estimate of drug-likeness (QED) is 0.352. The van der Waals surface area contributed by atoms with E-state index in [9.17, 15) is 13.6 Å². The maximum absolute atomic E-state index is 14.2. The lowest BCUT2D eigenvalue weighted by Crippen LogP contribution is -2.48. The predicted molar refractivity (Wildman–Crippen MR) is 142 cm³/mol. The Labute approximate surface area is 219 Å². The SMILES string of the molecule is Cc1cc(CN(Cc2cn(C3CC3)c3cc(F)c(F)cc3c2=O)[C@H]2CCCN(c3cnccn3)C2)ccn1. The lowest BCUT2D eigenvalue weighted by atomic mass is 10.0. The largest absolute Gasteiger partial charge is 0.354 e. The van der Waals surface area contributed by atoms with Crippen LogP contribution in [-0.2, 0) is 13.1 Å². The monoisotopic (exact) mass is 516 g/mol. The molecule has 3 aromatic heterocycles. The Kier molecular flexibility index (Phi) is 6.61. The molecule has 38 heavy (non-hydrogen) atoms. The van der Waals surface area contributed by atoms with E-state index in [4.69, 9.17) is 0 Å². The van der Waals surface area contributed by atoms with Gasteiger partial charge in [0.15, 0.2) is 17.1 Å². The third-order valence-corrected chi connectivity index (χ3v) is 7.59. The van der Waals surface area contributed by atoms with Gasteiger partial charge in [0.05, 0.1) is 11.7 Å². The molecular formula is C29H30F2N6O. The fraction of sp³-hybridized carbons (Fsp3) is 0.379. The molecule has 0 amide bonds. The molecule has 4 heterocycles. The summed E-state index contributed by atoms with van der Waals surface area (Å²) in [7, 11) is 0. The van der Waals surface area contributed by atoms with E-state index in [0.29, 0.717) is 24.2 Å². The number of rotatable bonds is 7. The predicted octanol–water partition coefficient (Wildman–Crippen LogP) is 4.78. The topological polar surface area (TPSA) is 67.2 Å². The molecule has 0 radical (unpaired) electrons. The second-order valence-corrected chi connectivity index (χ2v) is 10.4. The zero-order valence-electron chi connectivity index (χ0n) is 21.4. The Hall–Kier alpha value is -3.72. The Morgan fingerprint density at radius 2 is 1.87 bits per heavy atom. The van der Waals surface area contributed by atoms with Crippen molar-refractivity contribution < 1.29 is 8.78 Å². The van der Waals surface area contributed by atoms with Crippen LogP contribution in [0.4, 0.5) is 14.6 Å². The minimum Gasteiger partial charge on any atom is -0.354 e. The highest BCUT2D eigenvalue weighted by Gasteiger charge is 2.30. The molecule has 2 aliphatic rings. The second kappa shape index (κ2) is 10.2.